The SMILES string of the molecule is CC(C)(C)OC(=O)C1=CCC(C(=O)c2ccccc2)C12C(=O)N1[C@@H](C(=O)OC(c3ccccc3)c3ccccc3)C(C)(C)S[C@@H]12. The molecule has 3 aliphatic rings. The van der Waals surface area contributed by atoms with Gasteiger partial charge in [-0.05, 0) is 52.2 Å². The lowest BCUT2D eigenvalue weighted by Crippen LogP contribution is -2.72. The lowest BCUT2D eigenvalue weighted by Gasteiger charge is -2.54. The summed E-state index contributed by atoms with van der Waals surface area (Å²) in [4.78, 5) is 58.0. The van der Waals surface area contributed by atoms with Crippen LogP contribution in [-0.2, 0) is 23.9 Å². The predicted molar refractivity (Wildman–Crippen MR) is 172 cm³/mol. The number of amides is 1. The van der Waals surface area contributed by atoms with Gasteiger partial charge in [0.2, 0.25) is 5.91 Å². The van der Waals surface area contributed by atoms with Crippen LogP contribution >= 0.6 is 11.8 Å². The molecule has 1 spiro atoms. The van der Waals surface area contributed by atoms with Crippen molar-refractivity contribution >= 4 is 35.4 Å². The Morgan fingerprint density at radius 2 is 1.40 bits per heavy atom. The predicted octanol–water partition coefficient (Wildman–Crippen LogP) is 6.54. The van der Waals surface area contributed by atoms with E-state index in [4.69, 9.17) is 9.47 Å². The Balaban J connectivity index is 1.37. The summed E-state index contributed by atoms with van der Waals surface area (Å²) in [5.74, 6) is -2.60. The van der Waals surface area contributed by atoms with Crippen LogP contribution in [0.25, 0.3) is 0 Å². The van der Waals surface area contributed by atoms with Crippen molar-refractivity contribution in [1.29, 1.82) is 0 Å². The Bertz CT molecular complexity index is 1620. The zero-order chi connectivity index (χ0) is 32.1. The van der Waals surface area contributed by atoms with Crippen LogP contribution in [0.2, 0.25) is 0 Å². The molecule has 0 aromatic heterocycles. The molecule has 0 saturated carbocycles. The molecule has 232 valence electrons. The maximum atomic E-state index is 14.6. The molecule has 2 fully saturated rings. The zero-order valence-corrected chi connectivity index (χ0v) is 26.9. The van der Waals surface area contributed by atoms with E-state index in [-0.39, 0.29) is 17.8 Å². The lowest BCUT2D eigenvalue weighted by atomic mass is 9.63. The summed E-state index contributed by atoms with van der Waals surface area (Å²) >= 11 is 1.43. The van der Waals surface area contributed by atoms with Crippen molar-refractivity contribution in [2.45, 2.75) is 68.9 Å². The minimum Gasteiger partial charge on any atom is -0.457 e. The number of hydrogen-bond acceptors (Lipinski definition) is 7. The van der Waals surface area contributed by atoms with Gasteiger partial charge in [-0.1, -0.05) is 97.1 Å². The largest absolute Gasteiger partial charge is 0.457 e. The van der Waals surface area contributed by atoms with E-state index in [1.807, 2.05) is 80.6 Å². The molecule has 2 saturated heterocycles. The van der Waals surface area contributed by atoms with Gasteiger partial charge < -0.3 is 14.4 Å². The molecule has 2 aliphatic heterocycles. The summed E-state index contributed by atoms with van der Waals surface area (Å²) in [7, 11) is 0. The van der Waals surface area contributed by atoms with Gasteiger partial charge in [-0.15, -0.1) is 11.8 Å². The third-order valence-corrected chi connectivity index (χ3v) is 10.4. The summed E-state index contributed by atoms with van der Waals surface area (Å²) in [6.07, 6.45) is 1.23. The second-order valence-corrected chi connectivity index (χ2v) is 15.1. The number of carbonyl (C=O) groups is 4. The van der Waals surface area contributed by atoms with Crippen molar-refractivity contribution in [2.24, 2.45) is 11.3 Å². The minimum absolute atomic E-state index is 0.196. The Morgan fingerprint density at radius 1 is 0.867 bits per heavy atom. The van der Waals surface area contributed by atoms with Crippen LogP contribution < -0.4 is 0 Å². The first-order valence-corrected chi connectivity index (χ1v) is 16.1. The Hall–Kier alpha value is -4.17. The van der Waals surface area contributed by atoms with E-state index < -0.39 is 57.0 Å². The fraction of sp³-hybridized carbons (Fsp3) is 0.351. The molecule has 0 N–H and O–H groups in total. The number of allylic oxidation sites excluding steroid dienone is 1. The number of ether oxygens (including phenoxy) is 2. The molecule has 6 rings (SSSR count). The monoisotopic (exact) mass is 623 g/mol. The number of rotatable bonds is 7. The van der Waals surface area contributed by atoms with Crippen molar-refractivity contribution in [2.75, 3.05) is 0 Å². The molecule has 3 aromatic rings. The number of benzene rings is 3. The topological polar surface area (TPSA) is 90.0 Å². The normalized spacial score (nSPS) is 25.0. The van der Waals surface area contributed by atoms with Gasteiger partial charge in [0.25, 0.3) is 0 Å². The molecular formula is C37H37NO6S. The average Bonchev–Trinajstić information content (AvgIpc) is 3.55. The number of fused-ring (bicyclic) bond motifs is 2. The number of β-lactam (4-membered cyclic amide) rings is 1. The van der Waals surface area contributed by atoms with Gasteiger partial charge in [0, 0.05) is 16.2 Å². The second kappa shape index (κ2) is 11.3. The number of hydrogen-bond donors (Lipinski definition) is 0. The third-order valence-electron chi connectivity index (χ3n) is 8.79. The van der Waals surface area contributed by atoms with Gasteiger partial charge in [0.05, 0.1) is 10.9 Å². The highest BCUT2D eigenvalue weighted by molar-refractivity contribution is 8.01. The first-order valence-electron chi connectivity index (χ1n) is 15.2. The standard InChI is InChI=1S/C37H37NO6S/c1-35(2,3)44-31(40)27-22-21-26(28(39)23-15-9-6-10-16-23)37(27)33(42)38-30(36(4,5)45-34(37)38)32(41)43-29(24-17-11-7-12-18-24)25-19-13-8-14-20-25/h6-20,22,26,29-30,34H,21H2,1-5H3/t26?,30-,34+,37?/m0/s1. The molecule has 1 aliphatic carbocycles. The number of carbonyl (C=O) groups excluding carboxylic acids is 4. The molecule has 45 heavy (non-hydrogen) atoms. The maximum absolute atomic E-state index is 14.6. The summed E-state index contributed by atoms with van der Waals surface area (Å²) in [5, 5.41) is -0.636. The molecule has 0 radical (unpaired) electrons. The van der Waals surface area contributed by atoms with E-state index >= 15 is 0 Å². The van der Waals surface area contributed by atoms with E-state index in [0.717, 1.165) is 11.1 Å². The zero-order valence-electron chi connectivity index (χ0n) is 26.1. The third kappa shape index (κ3) is 5.19. The van der Waals surface area contributed by atoms with Crippen molar-refractivity contribution in [3.05, 3.63) is 119 Å². The van der Waals surface area contributed by atoms with Gasteiger partial charge in [0.1, 0.15) is 17.1 Å². The van der Waals surface area contributed by atoms with Gasteiger partial charge in [0.15, 0.2) is 11.9 Å². The van der Waals surface area contributed by atoms with Crippen LogP contribution in [0.1, 0.15) is 68.6 Å². The van der Waals surface area contributed by atoms with Gasteiger partial charge in [-0.2, -0.15) is 0 Å². The van der Waals surface area contributed by atoms with Crippen LogP contribution in [0, 0.1) is 11.3 Å². The number of Topliss-reactive ketones (excluding diaryl/α,β-unsaturated/α-hetero) is 1. The van der Waals surface area contributed by atoms with Crippen LogP contribution in [0.4, 0.5) is 0 Å². The van der Waals surface area contributed by atoms with Crippen LogP contribution in [0.15, 0.2) is 103 Å². The number of esters is 2. The van der Waals surface area contributed by atoms with E-state index in [0.29, 0.717) is 5.56 Å². The van der Waals surface area contributed by atoms with Crippen LogP contribution in [0.5, 0.6) is 0 Å². The first-order chi connectivity index (χ1) is 21.4. The van der Waals surface area contributed by atoms with Crippen molar-refractivity contribution in [3.63, 3.8) is 0 Å². The first kappa shape index (κ1) is 30.8. The smallest absolute Gasteiger partial charge is 0.335 e. The minimum atomic E-state index is -1.45. The van der Waals surface area contributed by atoms with E-state index in [9.17, 15) is 19.2 Å². The number of nitrogens with zero attached hydrogens (tertiary/aromatic N) is 1. The molecule has 2 heterocycles. The van der Waals surface area contributed by atoms with E-state index in [1.165, 1.54) is 16.7 Å². The van der Waals surface area contributed by atoms with Crippen molar-refractivity contribution in [1.82, 2.24) is 4.90 Å². The van der Waals surface area contributed by atoms with Crippen molar-refractivity contribution < 1.29 is 28.7 Å². The highest BCUT2D eigenvalue weighted by atomic mass is 32.2. The quantitative estimate of drug-likeness (QED) is 0.168. The molecule has 8 heteroatoms. The van der Waals surface area contributed by atoms with E-state index in [2.05, 4.69) is 0 Å². The molecule has 4 atom stereocenters. The molecule has 3 aromatic carbocycles. The summed E-state index contributed by atoms with van der Waals surface area (Å²) in [6, 6.07) is 26.9. The highest BCUT2D eigenvalue weighted by Gasteiger charge is 2.77. The second-order valence-electron chi connectivity index (χ2n) is 13.3. The van der Waals surface area contributed by atoms with Gasteiger partial charge >= 0.3 is 11.9 Å². The van der Waals surface area contributed by atoms with Crippen molar-refractivity contribution in [3.8, 4) is 0 Å². The van der Waals surface area contributed by atoms with Crippen LogP contribution in [0.3, 0.4) is 0 Å². The van der Waals surface area contributed by atoms with Gasteiger partial charge in [-0.25, -0.2) is 9.59 Å². The number of ketones is 1. The molecule has 7 nitrogen and oxygen atoms in total. The number of thioether (sulfide) groups is 1. The summed E-state index contributed by atoms with van der Waals surface area (Å²) in [6.45, 7) is 9.11. The molecule has 0 bridgehead atoms. The molecular weight excluding hydrogens is 586 g/mol. The summed E-state index contributed by atoms with van der Waals surface area (Å²) < 4.78 is 11.3. The van der Waals surface area contributed by atoms with Crippen LogP contribution in [-0.4, -0.2) is 50.3 Å². The lowest BCUT2D eigenvalue weighted by molar-refractivity contribution is -0.179. The fourth-order valence-electron chi connectivity index (χ4n) is 6.88. The molecule has 2 unspecified atom stereocenters. The summed E-state index contributed by atoms with van der Waals surface area (Å²) in [5.41, 5.74) is 0.0296. The highest BCUT2D eigenvalue weighted by Crippen LogP contribution is 2.67. The Labute approximate surface area is 268 Å². The fourth-order valence-corrected chi connectivity index (χ4v) is 8.70. The van der Waals surface area contributed by atoms with Gasteiger partial charge in [-0.3, -0.25) is 9.59 Å². The Morgan fingerprint density at radius 3 is 1.93 bits per heavy atom. The van der Waals surface area contributed by atoms with E-state index in [1.54, 1.807) is 51.1 Å². The molecule has 1 amide bonds. The Kier molecular flexibility index (Phi) is 7.76. The maximum Gasteiger partial charge on any atom is 0.335 e. The average molecular weight is 624 g/mol.